The lowest BCUT2D eigenvalue weighted by Gasteiger charge is -2.17. The van der Waals surface area contributed by atoms with Gasteiger partial charge in [-0.2, -0.15) is 0 Å². The van der Waals surface area contributed by atoms with E-state index in [1.54, 1.807) is 0 Å². The van der Waals surface area contributed by atoms with Crippen LogP contribution in [0.25, 0.3) is 0 Å². The molecule has 0 aliphatic heterocycles. The first-order chi connectivity index (χ1) is 17.9. The maximum atomic E-state index is 12.1. The van der Waals surface area contributed by atoms with Crippen LogP contribution in [-0.2, 0) is 66.7 Å². The van der Waals surface area contributed by atoms with Crippen LogP contribution in [0.5, 0.6) is 0 Å². The van der Waals surface area contributed by atoms with Crippen LogP contribution in [0.2, 0.25) is 0 Å². The molecule has 38 heavy (non-hydrogen) atoms. The van der Waals surface area contributed by atoms with Gasteiger partial charge in [0.25, 0.3) is 0 Å². The van der Waals surface area contributed by atoms with Crippen molar-refractivity contribution in [2.24, 2.45) is 0 Å². The topological polar surface area (TPSA) is 176 Å². The Morgan fingerprint density at radius 2 is 0.895 bits per heavy atom. The Kier molecular flexibility index (Phi) is 17.4. The molecule has 0 saturated heterocycles. The molecule has 0 saturated carbocycles. The van der Waals surface area contributed by atoms with Crippen molar-refractivity contribution in [3.63, 3.8) is 0 Å². The third-order valence-electron chi connectivity index (χ3n) is 3.85. The van der Waals surface area contributed by atoms with Gasteiger partial charge < -0.3 is 37.9 Å². The monoisotopic (exact) mass is 546 g/mol. The summed E-state index contributed by atoms with van der Waals surface area (Å²) < 4.78 is 39.1. The molecule has 14 heteroatoms. The third kappa shape index (κ3) is 15.4. The van der Waals surface area contributed by atoms with Crippen LogP contribution in [0.3, 0.4) is 0 Å². The number of ether oxygens (including phenoxy) is 8. The van der Waals surface area contributed by atoms with Gasteiger partial charge in [0.1, 0.15) is 26.4 Å². The fourth-order valence-electron chi connectivity index (χ4n) is 2.10. The van der Waals surface area contributed by atoms with E-state index in [9.17, 15) is 28.8 Å². The van der Waals surface area contributed by atoms with Crippen LogP contribution >= 0.6 is 0 Å². The van der Waals surface area contributed by atoms with Gasteiger partial charge in [0.05, 0.1) is 12.8 Å². The van der Waals surface area contributed by atoms with E-state index in [4.69, 9.17) is 37.9 Å². The summed E-state index contributed by atoms with van der Waals surface area (Å²) in [5.74, 6) is -5.43. The highest BCUT2D eigenvalue weighted by atomic mass is 16.7. The molecule has 0 aliphatic rings. The standard InChI is InChI=1S/C24H34O14/c1-7-31-23(21(29)35-13-11-33-19(27)15(3)4)37-17(25)9-10-18(26)38-24(32-8-2)22(30)36-14-12-34-20(28)16(5)6/h23-24H,3,5,7-14H2,1-2,4,6H3. The number of hydrogen-bond acceptors (Lipinski definition) is 14. The maximum Gasteiger partial charge on any atom is 0.376 e. The molecule has 0 aromatic carbocycles. The Morgan fingerprint density at radius 3 is 1.18 bits per heavy atom. The Balaban J connectivity index is 4.58. The van der Waals surface area contributed by atoms with Crippen LogP contribution in [0.15, 0.2) is 24.3 Å². The summed E-state index contributed by atoms with van der Waals surface area (Å²) in [6.07, 6.45) is -4.50. The highest BCUT2D eigenvalue weighted by molar-refractivity contribution is 5.87. The lowest BCUT2D eigenvalue weighted by molar-refractivity contribution is -0.204. The zero-order valence-corrected chi connectivity index (χ0v) is 21.9. The molecule has 0 heterocycles. The second-order valence-electron chi connectivity index (χ2n) is 7.22. The van der Waals surface area contributed by atoms with Crippen molar-refractivity contribution in [2.45, 2.75) is 53.1 Å². The van der Waals surface area contributed by atoms with Gasteiger partial charge >= 0.3 is 48.4 Å². The summed E-state index contributed by atoms with van der Waals surface area (Å²) in [5, 5.41) is 0. The minimum atomic E-state index is -1.72. The quantitative estimate of drug-likeness (QED) is 0.0734. The molecule has 0 radical (unpaired) electrons. The Bertz CT molecular complexity index is 792. The Labute approximate surface area is 220 Å². The van der Waals surface area contributed by atoms with Crippen LogP contribution in [0.1, 0.15) is 40.5 Å². The van der Waals surface area contributed by atoms with Crippen molar-refractivity contribution in [3.8, 4) is 0 Å². The van der Waals surface area contributed by atoms with Crippen molar-refractivity contribution < 1.29 is 66.7 Å². The normalized spacial score (nSPS) is 11.8. The molecular weight excluding hydrogens is 512 g/mol. The van der Waals surface area contributed by atoms with Crippen molar-refractivity contribution >= 4 is 35.8 Å². The Hall–Kier alpha value is -3.78. The highest BCUT2D eigenvalue weighted by Gasteiger charge is 2.28. The lowest BCUT2D eigenvalue weighted by Crippen LogP contribution is -2.34. The first-order valence-electron chi connectivity index (χ1n) is 11.5. The molecule has 0 N–H and O–H groups in total. The third-order valence-corrected chi connectivity index (χ3v) is 3.85. The molecule has 0 aromatic heterocycles. The van der Waals surface area contributed by atoms with Gasteiger partial charge in [-0.15, -0.1) is 0 Å². The molecular formula is C24H34O14. The van der Waals surface area contributed by atoms with E-state index in [-0.39, 0.29) is 50.8 Å². The van der Waals surface area contributed by atoms with E-state index in [1.165, 1.54) is 27.7 Å². The van der Waals surface area contributed by atoms with Gasteiger partial charge in [-0.3, -0.25) is 9.59 Å². The average molecular weight is 547 g/mol. The van der Waals surface area contributed by atoms with E-state index in [0.717, 1.165) is 0 Å². The molecule has 14 nitrogen and oxygen atoms in total. The fourth-order valence-corrected chi connectivity index (χ4v) is 2.10. The van der Waals surface area contributed by atoms with E-state index in [2.05, 4.69) is 13.2 Å². The SMILES string of the molecule is C=C(C)C(=O)OCCOC(=O)C(OCC)OC(=O)CCC(=O)OC(OCC)C(=O)OCCOC(=O)C(=C)C. The smallest absolute Gasteiger partial charge is 0.376 e. The number of rotatable bonds is 19. The zero-order valence-electron chi connectivity index (χ0n) is 21.9. The van der Waals surface area contributed by atoms with Gasteiger partial charge in [0.15, 0.2) is 0 Å². The van der Waals surface area contributed by atoms with Crippen molar-refractivity contribution in [3.05, 3.63) is 24.3 Å². The summed E-state index contributed by atoms with van der Waals surface area (Å²) in [4.78, 5) is 70.9. The van der Waals surface area contributed by atoms with Crippen LogP contribution in [-0.4, -0.2) is 88.0 Å². The summed E-state index contributed by atoms with van der Waals surface area (Å²) in [6.45, 7) is 11.6. The minimum Gasteiger partial charge on any atom is -0.459 e. The molecule has 2 unspecified atom stereocenters. The summed E-state index contributed by atoms with van der Waals surface area (Å²) in [7, 11) is 0. The second-order valence-corrected chi connectivity index (χ2v) is 7.22. The maximum absolute atomic E-state index is 12.1. The molecule has 0 fully saturated rings. The van der Waals surface area contributed by atoms with Crippen molar-refractivity contribution in [1.29, 1.82) is 0 Å². The molecule has 0 bridgehead atoms. The van der Waals surface area contributed by atoms with E-state index in [0.29, 0.717) is 0 Å². The van der Waals surface area contributed by atoms with E-state index in [1.807, 2.05) is 0 Å². The minimum absolute atomic E-state index is 0.00964. The zero-order chi connectivity index (χ0) is 29.1. The van der Waals surface area contributed by atoms with Crippen LogP contribution in [0.4, 0.5) is 0 Å². The van der Waals surface area contributed by atoms with Gasteiger partial charge in [-0.1, -0.05) is 13.2 Å². The fraction of sp³-hybridized carbons (Fsp3) is 0.583. The molecule has 0 spiro atoms. The van der Waals surface area contributed by atoms with Gasteiger partial charge in [-0.25, -0.2) is 19.2 Å². The molecule has 0 amide bonds. The summed E-state index contributed by atoms with van der Waals surface area (Å²) >= 11 is 0. The number of esters is 6. The van der Waals surface area contributed by atoms with Gasteiger partial charge in [-0.05, 0) is 27.7 Å². The number of carbonyl (C=O) groups excluding carboxylic acids is 6. The van der Waals surface area contributed by atoms with Crippen molar-refractivity contribution in [1.82, 2.24) is 0 Å². The molecule has 2 atom stereocenters. The van der Waals surface area contributed by atoms with Gasteiger partial charge in [0, 0.05) is 24.4 Å². The first kappa shape index (κ1) is 34.2. The highest BCUT2D eigenvalue weighted by Crippen LogP contribution is 2.07. The van der Waals surface area contributed by atoms with E-state index >= 15 is 0 Å². The molecule has 0 aromatic rings. The van der Waals surface area contributed by atoms with Gasteiger partial charge in [0.2, 0.25) is 0 Å². The number of carbonyl (C=O) groups is 6. The van der Waals surface area contributed by atoms with E-state index < -0.39 is 61.2 Å². The first-order valence-corrected chi connectivity index (χ1v) is 11.5. The summed E-state index contributed by atoms with van der Waals surface area (Å²) in [6, 6.07) is 0. The molecule has 0 rings (SSSR count). The Morgan fingerprint density at radius 1 is 0.579 bits per heavy atom. The predicted molar refractivity (Wildman–Crippen MR) is 126 cm³/mol. The molecule has 0 aliphatic carbocycles. The number of hydrogen-bond donors (Lipinski definition) is 0. The van der Waals surface area contributed by atoms with Crippen LogP contribution < -0.4 is 0 Å². The predicted octanol–water partition coefficient (Wildman–Crippen LogP) is 0.903. The second kappa shape index (κ2) is 19.3. The summed E-state index contributed by atoms with van der Waals surface area (Å²) in [5.41, 5.74) is 0.337. The lowest BCUT2D eigenvalue weighted by atomic mass is 10.3. The molecule has 214 valence electrons. The largest absolute Gasteiger partial charge is 0.459 e. The van der Waals surface area contributed by atoms with Crippen LogP contribution in [0, 0.1) is 0 Å². The van der Waals surface area contributed by atoms with Crippen molar-refractivity contribution in [2.75, 3.05) is 39.6 Å². The average Bonchev–Trinajstić information content (AvgIpc) is 2.86.